The Morgan fingerprint density at radius 3 is 1.93 bits per heavy atom. The molecule has 0 spiro atoms. The first-order valence-corrected chi connectivity index (χ1v) is 16.7. The Morgan fingerprint density at radius 1 is 0.814 bits per heavy atom. The molecule has 0 saturated carbocycles. The third kappa shape index (κ3) is 11.1. The van der Waals surface area contributed by atoms with Gasteiger partial charge in [0.2, 0.25) is 5.91 Å². The van der Waals surface area contributed by atoms with E-state index in [9.17, 15) is 9.36 Å². The number of nitrogens with zero attached hydrogens (tertiary/aromatic N) is 1. The molecule has 1 aliphatic rings. The van der Waals surface area contributed by atoms with Gasteiger partial charge in [-0.3, -0.25) is 18.4 Å². The summed E-state index contributed by atoms with van der Waals surface area (Å²) in [7, 11) is -3.85. The number of hydrogen-bond acceptors (Lipinski definition) is 5. The number of phosphoric acid groups is 1. The molecule has 0 aromatic heterocycles. The number of hydrogen-bond donors (Lipinski definition) is 0. The van der Waals surface area contributed by atoms with Crippen LogP contribution >= 0.6 is 7.82 Å². The lowest BCUT2D eigenvalue weighted by molar-refractivity contribution is -0.141. The van der Waals surface area contributed by atoms with Crippen molar-refractivity contribution >= 4 is 13.7 Å². The molecule has 0 aliphatic carbocycles. The van der Waals surface area contributed by atoms with Crippen molar-refractivity contribution in [2.45, 2.75) is 84.0 Å². The summed E-state index contributed by atoms with van der Waals surface area (Å²) in [6.07, 6.45) is 4.91. The summed E-state index contributed by atoms with van der Waals surface area (Å²) < 4.78 is 30.7. The van der Waals surface area contributed by atoms with E-state index >= 15 is 0 Å². The first-order chi connectivity index (χ1) is 20.7. The average Bonchev–Trinajstić information content (AvgIpc) is 2.99. The molecular weight excluding hydrogens is 557 g/mol. The minimum absolute atomic E-state index is 0.101. The van der Waals surface area contributed by atoms with Crippen molar-refractivity contribution < 1.29 is 22.9 Å². The fourth-order valence-electron chi connectivity index (χ4n) is 4.66. The third-order valence-electron chi connectivity index (χ3n) is 7.37. The molecule has 1 aliphatic heterocycles. The van der Waals surface area contributed by atoms with Crippen molar-refractivity contribution in [3.05, 3.63) is 107 Å². The molecule has 1 saturated heterocycles. The van der Waals surface area contributed by atoms with Gasteiger partial charge in [0, 0.05) is 31.5 Å². The molecule has 7 heteroatoms. The second-order valence-electron chi connectivity index (χ2n) is 12.0. The molecule has 3 aromatic rings. The van der Waals surface area contributed by atoms with Crippen molar-refractivity contribution in [3.8, 4) is 11.8 Å². The number of unbranched alkanes of at least 4 members (excludes halogenated alkanes) is 4. The van der Waals surface area contributed by atoms with Gasteiger partial charge in [0.1, 0.15) is 6.10 Å². The summed E-state index contributed by atoms with van der Waals surface area (Å²) in [6.45, 7) is 7.63. The van der Waals surface area contributed by atoms with Gasteiger partial charge in [-0.05, 0) is 47.1 Å². The molecule has 228 valence electrons. The highest BCUT2D eigenvalue weighted by atomic mass is 31.2. The number of rotatable bonds is 14. The van der Waals surface area contributed by atoms with E-state index in [1.165, 1.54) is 5.56 Å². The van der Waals surface area contributed by atoms with Gasteiger partial charge < -0.3 is 4.90 Å². The zero-order valence-electron chi connectivity index (χ0n) is 25.7. The minimum Gasteiger partial charge on any atom is -0.337 e. The Kier molecular flexibility index (Phi) is 12.2. The first-order valence-electron chi connectivity index (χ1n) is 15.2. The summed E-state index contributed by atoms with van der Waals surface area (Å²) in [4.78, 5) is 14.4. The largest absolute Gasteiger partial charge is 0.475 e. The highest BCUT2D eigenvalue weighted by Gasteiger charge is 2.39. The molecular formula is C36H44NO5P. The maximum atomic E-state index is 13.5. The molecule has 0 N–H and O–H groups in total. The van der Waals surface area contributed by atoms with E-state index in [0.29, 0.717) is 19.5 Å². The van der Waals surface area contributed by atoms with Crippen molar-refractivity contribution in [2.75, 3.05) is 13.1 Å². The molecule has 3 aromatic carbocycles. The minimum atomic E-state index is -3.85. The SMILES string of the molecule is CC(C)(C)c1ccc(C#CCCCCCCC(=O)N2CC(OP(=O)(OCc3ccccc3)OCc3ccccc3)C2)cc1. The Balaban J connectivity index is 1.13. The van der Waals surface area contributed by atoms with E-state index in [0.717, 1.165) is 48.8 Å². The lowest BCUT2D eigenvalue weighted by Gasteiger charge is -2.39. The van der Waals surface area contributed by atoms with Crippen LogP contribution in [0.5, 0.6) is 0 Å². The van der Waals surface area contributed by atoms with E-state index in [-0.39, 0.29) is 30.6 Å². The van der Waals surface area contributed by atoms with Crippen LogP contribution < -0.4 is 0 Å². The maximum absolute atomic E-state index is 13.5. The number of phosphoric ester groups is 1. The predicted molar refractivity (Wildman–Crippen MR) is 171 cm³/mol. The number of likely N-dealkylation sites (tertiary alicyclic amines) is 1. The topological polar surface area (TPSA) is 65.1 Å². The molecule has 0 atom stereocenters. The number of carbonyl (C=O) groups excluding carboxylic acids is 1. The summed E-state index contributed by atoms with van der Waals surface area (Å²) >= 11 is 0. The fraction of sp³-hybridized carbons (Fsp3) is 0.417. The quantitative estimate of drug-likeness (QED) is 0.105. The molecule has 1 amide bonds. The van der Waals surface area contributed by atoms with Crippen LogP contribution in [0.25, 0.3) is 0 Å². The molecule has 0 radical (unpaired) electrons. The molecule has 0 bridgehead atoms. The molecule has 4 rings (SSSR count). The van der Waals surface area contributed by atoms with E-state index < -0.39 is 7.82 Å². The zero-order chi connectivity index (χ0) is 30.5. The third-order valence-corrected chi connectivity index (χ3v) is 8.82. The smallest absolute Gasteiger partial charge is 0.337 e. The van der Waals surface area contributed by atoms with Gasteiger partial charge in [-0.15, -0.1) is 0 Å². The van der Waals surface area contributed by atoms with Gasteiger partial charge in [0.05, 0.1) is 13.2 Å². The molecule has 1 heterocycles. The zero-order valence-corrected chi connectivity index (χ0v) is 26.6. The molecule has 1 fully saturated rings. The molecule has 43 heavy (non-hydrogen) atoms. The van der Waals surface area contributed by atoms with Crippen LogP contribution in [0.4, 0.5) is 0 Å². The van der Waals surface area contributed by atoms with Crippen LogP contribution in [0.3, 0.4) is 0 Å². The van der Waals surface area contributed by atoms with Crippen LogP contribution in [0.15, 0.2) is 84.9 Å². The standard InChI is InChI=1S/C36H44NO5P/c1-36(2,3)33-24-22-30(23-25-33)16-10-6-4-5-7-15-21-35(38)37-26-34(27-37)42-43(39,40-28-31-17-11-8-12-18-31)41-29-32-19-13-9-14-20-32/h8-9,11-14,17-20,22-25,34H,4-7,15,21,26-29H2,1-3H3. The Labute approximate surface area is 257 Å². The summed E-state index contributed by atoms with van der Waals surface area (Å²) in [5.41, 5.74) is 4.26. The first kappa shape index (κ1) is 32.7. The second kappa shape index (κ2) is 16.0. The maximum Gasteiger partial charge on any atom is 0.475 e. The van der Waals surface area contributed by atoms with Crippen LogP contribution in [-0.4, -0.2) is 30.0 Å². The second-order valence-corrected chi connectivity index (χ2v) is 13.7. The summed E-state index contributed by atoms with van der Waals surface area (Å²) in [6, 6.07) is 27.5. The van der Waals surface area contributed by atoms with E-state index in [1.54, 1.807) is 4.90 Å². The Morgan fingerprint density at radius 2 is 1.37 bits per heavy atom. The van der Waals surface area contributed by atoms with E-state index in [4.69, 9.17) is 13.6 Å². The monoisotopic (exact) mass is 601 g/mol. The normalized spacial score (nSPS) is 13.7. The van der Waals surface area contributed by atoms with Crippen LogP contribution in [0.1, 0.15) is 81.5 Å². The van der Waals surface area contributed by atoms with Crippen LogP contribution in [0, 0.1) is 11.8 Å². The molecule has 6 nitrogen and oxygen atoms in total. The summed E-state index contributed by atoms with van der Waals surface area (Å²) in [5.74, 6) is 6.63. The number of carbonyl (C=O) groups is 1. The van der Waals surface area contributed by atoms with Gasteiger partial charge >= 0.3 is 7.82 Å². The van der Waals surface area contributed by atoms with E-state index in [1.807, 2.05) is 60.7 Å². The van der Waals surface area contributed by atoms with Crippen molar-refractivity contribution in [3.63, 3.8) is 0 Å². The fourth-order valence-corrected chi connectivity index (χ4v) is 5.97. The van der Waals surface area contributed by atoms with Crippen molar-refractivity contribution in [1.82, 2.24) is 4.90 Å². The van der Waals surface area contributed by atoms with E-state index in [2.05, 4.69) is 56.9 Å². The lowest BCUT2D eigenvalue weighted by atomic mass is 9.87. The predicted octanol–water partition coefficient (Wildman–Crippen LogP) is 8.45. The van der Waals surface area contributed by atoms with Crippen molar-refractivity contribution in [2.24, 2.45) is 0 Å². The highest BCUT2D eigenvalue weighted by Crippen LogP contribution is 2.53. The van der Waals surface area contributed by atoms with Crippen LogP contribution in [0.2, 0.25) is 0 Å². The van der Waals surface area contributed by atoms with Gasteiger partial charge in [-0.2, -0.15) is 0 Å². The van der Waals surface area contributed by atoms with Crippen LogP contribution in [-0.2, 0) is 41.6 Å². The average molecular weight is 602 g/mol. The number of benzene rings is 3. The summed E-state index contributed by atoms with van der Waals surface area (Å²) in [5, 5.41) is 0. The highest BCUT2D eigenvalue weighted by molar-refractivity contribution is 7.48. The van der Waals surface area contributed by atoms with Gasteiger partial charge in [0.15, 0.2) is 0 Å². The van der Waals surface area contributed by atoms with Crippen molar-refractivity contribution in [1.29, 1.82) is 0 Å². The van der Waals surface area contributed by atoms with Gasteiger partial charge in [-0.25, -0.2) is 4.57 Å². The number of amides is 1. The Bertz CT molecular complexity index is 1340. The Hall–Kier alpha value is -3.20. The molecule has 0 unspecified atom stereocenters. The van der Waals surface area contributed by atoms with Gasteiger partial charge in [0.25, 0.3) is 0 Å². The lowest BCUT2D eigenvalue weighted by Crippen LogP contribution is -2.54. The van der Waals surface area contributed by atoms with Gasteiger partial charge in [-0.1, -0.05) is 118 Å².